The number of rotatable bonds is 1. The molecule has 0 saturated carbocycles. The maximum atomic E-state index is 2.32. The molecule has 0 atom stereocenters. The van der Waals surface area contributed by atoms with Crippen LogP contribution in [0.15, 0.2) is 30.3 Å². The van der Waals surface area contributed by atoms with Crippen molar-refractivity contribution < 1.29 is 0 Å². The second kappa shape index (κ2) is 2.84. The molecule has 0 nitrogen and oxygen atoms in total. The van der Waals surface area contributed by atoms with E-state index in [0.29, 0.717) is 0 Å². The van der Waals surface area contributed by atoms with Crippen LogP contribution in [0, 0.1) is 0 Å². The van der Waals surface area contributed by atoms with Gasteiger partial charge in [-0.1, -0.05) is 37.3 Å². The molecule has 0 amide bonds. The van der Waals surface area contributed by atoms with Gasteiger partial charge in [0.15, 0.2) is 0 Å². The van der Waals surface area contributed by atoms with Gasteiger partial charge in [0.2, 0.25) is 0 Å². The van der Waals surface area contributed by atoms with Gasteiger partial charge in [0.05, 0.1) is 0 Å². The fourth-order valence-electron chi connectivity index (χ4n) is 2.62. The standard InChI is InChI=1S/C14H14/c1-2-10-6-7-12-9-8-11-4-3-5-13(10)14(11)12/h3-7H,2,8-9H2,1H3. The van der Waals surface area contributed by atoms with Crippen molar-refractivity contribution in [1.82, 2.24) is 0 Å². The molecule has 0 fully saturated rings. The van der Waals surface area contributed by atoms with Gasteiger partial charge >= 0.3 is 0 Å². The summed E-state index contributed by atoms with van der Waals surface area (Å²) in [6.07, 6.45) is 3.61. The third kappa shape index (κ3) is 0.942. The van der Waals surface area contributed by atoms with Crippen LogP contribution in [0.2, 0.25) is 0 Å². The van der Waals surface area contributed by atoms with Crippen LogP contribution in [0.1, 0.15) is 23.6 Å². The lowest BCUT2D eigenvalue weighted by Gasteiger charge is -2.06. The summed E-state index contributed by atoms with van der Waals surface area (Å²) in [7, 11) is 0. The van der Waals surface area contributed by atoms with Gasteiger partial charge in [-0.05, 0) is 46.7 Å². The Morgan fingerprint density at radius 1 is 1.00 bits per heavy atom. The van der Waals surface area contributed by atoms with Crippen LogP contribution in [0.25, 0.3) is 10.8 Å². The molecule has 3 rings (SSSR count). The van der Waals surface area contributed by atoms with Gasteiger partial charge in [0.1, 0.15) is 0 Å². The number of hydrogen-bond acceptors (Lipinski definition) is 0. The van der Waals surface area contributed by atoms with E-state index in [9.17, 15) is 0 Å². The van der Waals surface area contributed by atoms with Crippen molar-refractivity contribution in [2.24, 2.45) is 0 Å². The van der Waals surface area contributed by atoms with Crippen molar-refractivity contribution in [3.8, 4) is 0 Å². The Kier molecular flexibility index (Phi) is 1.63. The van der Waals surface area contributed by atoms with E-state index < -0.39 is 0 Å². The molecule has 0 bridgehead atoms. The van der Waals surface area contributed by atoms with E-state index in [1.807, 2.05) is 0 Å². The fourth-order valence-corrected chi connectivity index (χ4v) is 2.62. The molecule has 1 aliphatic carbocycles. The summed E-state index contributed by atoms with van der Waals surface area (Å²) >= 11 is 0. The third-order valence-corrected chi connectivity index (χ3v) is 3.35. The van der Waals surface area contributed by atoms with Crippen LogP contribution >= 0.6 is 0 Å². The second-order valence-electron chi connectivity index (χ2n) is 4.08. The average molecular weight is 182 g/mol. The molecule has 14 heavy (non-hydrogen) atoms. The molecule has 70 valence electrons. The molecule has 0 saturated heterocycles. The van der Waals surface area contributed by atoms with E-state index in [-0.39, 0.29) is 0 Å². The SMILES string of the molecule is CCc1ccc2c3c(cccc13)CC2. The van der Waals surface area contributed by atoms with Crippen molar-refractivity contribution in [2.75, 3.05) is 0 Å². The summed E-state index contributed by atoms with van der Waals surface area (Å²) in [5, 5.41) is 3.03. The minimum Gasteiger partial charge on any atom is -0.0613 e. The Balaban J connectivity index is 2.48. The van der Waals surface area contributed by atoms with E-state index in [1.54, 1.807) is 16.5 Å². The van der Waals surface area contributed by atoms with Crippen LogP contribution in [0.4, 0.5) is 0 Å². The summed E-state index contributed by atoms with van der Waals surface area (Å²) < 4.78 is 0. The van der Waals surface area contributed by atoms with Gasteiger partial charge in [-0.2, -0.15) is 0 Å². The third-order valence-electron chi connectivity index (χ3n) is 3.35. The zero-order chi connectivity index (χ0) is 9.54. The van der Waals surface area contributed by atoms with Gasteiger partial charge in [0, 0.05) is 0 Å². The molecule has 0 spiro atoms. The zero-order valence-electron chi connectivity index (χ0n) is 8.51. The van der Waals surface area contributed by atoms with E-state index in [1.165, 1.54) is 23.8 Å². The van der Waals surface area contributed by atoms with Crippen molar-refractivity contribution in [3.63, 3.8) is 0 Å². The first-order chi connectivity index (χ1) is 6.90. The lowest BCUT2D eigenvalue weighted by molar-refractivity contribution is 1.02. The molecule has 1 aliphatic rings. The summed E-state index contributed by atoms with van der Waals surface area (Å²) in [6, 6.07) is 11.4. The van der Waals surface area contributed by atoms with Gasteiger partial charge in [-0.3, -0.25) is 0 Å². The van der Waals surface area contributed by atoms with E-state index in [0.717, 1.165) is 6.42 Å². The molecule has 0 heterocycles. The maximum Gasteiger partial charge on any atom is -0.0117 e. The Morgan fingerprint density at radius 2 is 1.79 bits per heavy atom. The molecule has 0 heteroatoms. The van der Waals surface area contributed by atoms with E-state index in [2.05, 4.69) is 37.3 Å². The first kappa shape index (κ1) is 8.05. The predicted molar refractivity (Wildman–Crippen MR) is 60.7 cm³/mol. The lowest BCUT2D eigenvalue weighted by Crippen LogP contribution is -1.86. The summed E-state index contributed by atoms with van der Waals surface area (Å²) in [5.41, 5.74) is 4.59. The number of benzene rings is 2. The Labute approximate surface area is 84.6 Å². The summed E-state index contributed by atoms with van der Waals surface area (Å²) in [4.78, 5) is 0. The first-order valence-electron chi connectivity index (χ1n) is 5.42. The minimum atomic E-state index is 1.14. The fraction of sp³-hybridized carbons (Fsp3) is 0.286. The minimum absolute atomic E-state index is 1.14. The van der Waals surface area contributed by atoms with Crippen molar-refractivity contribution in [3.05, 3.63) is 47.0 Å². The second-order valence-corrected chi connectivity index (χ2v) is 4.08. The Morgan fingerprint density at radius 3 is 2.57 bits per heavy atom. The van der Waals surface area contributed by atoms with Gasteiger partial charge < -0.3 is 0 Å². The summed E-state index contributed by atoms with van der Waals surface area (Å²) in [6.45, 7) is 2.24. The Hall–Kier alpha value is -1.30. The smallest absolute Gasteiger partial charge is 0.0117 e. The largest absolute Gasteiger partial charge is 0.0613 e. The normalized spacial score (nSPS) is 13.8. The van der Waals surface area contributed by atoms with Gasteiger partial charge in [0.25, 0.3) is 0 Å². The molecular formula is C14H14. The van der Waals surface area contributed by atoms with Crippen LogP contribution in [0.3, 0.4) is 0 Å². The first-order valence-corrected chi connectivity index (χ1v) is 5.42. The van der Waals surface area contributed by atoms with Crippen molar-refractivity contribution >= 4 is 10.8 Å². The van der Waals surface area contributed by atoms with Crippen LogP contribution < -0.4 is 0 Å². The van der Waals surface area contributed by atoms with Crippen LogP contribution in [-0.4, -0.2) is 0 Å². The van der Waals surface area contributed by atoms with Crippen molar-refractivity contribution in [2.45, 2.75) is 26.2 Å². The Bertz CT molecular complexity index is 484. The monoisotopic (exact) mass is 182 g/mol. The predicted octanol–water partition coefficient (Wildman–Crippen LogP) is 3.50. The van der Waals surface area contributed by atoms with Crippen LogP contribution in [-0.2, 0) is 19.3 Å². The topological polar surface area (TPSA) is 0 Å². The highest BCUT2D eigenvalue weighted by atomic mass is 14.2. The molecule has 0 unspecified atom stereocenters. The number of aryl methyl sites for hydroxylation is 3. The molecule has 0 aromatic heterocycles. The average Bonchev–Trinajstić information content (AvgIpc) is 2.65. The zero-order valence-corrected chi connectivity index (χ0v) is 8.51. The molecule has 0 aliphatic heterocycles. The van der Waals surface area contributed by atoms with Crippen molar-refractivity contribution in [1.29, 1.82) is 0 Å². The van der Waals surface area contributed by atoms with Gasteiger partial charge in [-0.15, -0.1) is 0 Å². The highest BCUT2D eigenvalue weighted by Crippen LogP contribution is 2.32. The molecule has 0 N–H and O–H groups in total. The number of hydrogen-bond donors (Lipinski definition) is 0. The molecule has 2 aromatic carbocycles. The van der Waals surface area contributed by atoms with Crippen LogP contribution in [0.5, 0.6) is 0 Å². The molecule has 0 radical (unpaired) electrons. The highest BCUT2D eigenvalue weighted by molar-refractivity contribution is 5.93. The quantitative estimate of drug-likeness (QED) is 0.633. The molecular weight excluding hydrogens is 168 g/mol. The molecule has 2 aromatic rings. The van der Waals surface area contributed by atoms with E-state index >= 15 is 0 Å². The lowest BCUT2D eigenvalue weighted by atomic mass is 9.99. The maximum absolute atomic E-state index is 2.32. The summed E-state index contributed by atoms with van der Waals surface area (Å²) in [5.74, 6) is 0. The van der Waals surface area contributed by atoms with Gasteiger partial charge in [-0.25, -0.2) is 0 Å². The van der Waals surface area contributed by atoms with E-state index in [4.69, 9.17) is 0 Å². The highest BCUT2D eigenvalue weighted by Gasteiger charge is 2.14.